The lowest BCUT2D eigenvalue weighted by Gasteiger charge is -2.13. The Bertz CT molecular complexity index is 301. The van der Waals surface area contributed by atoms with Crippen LogP contribution in [0.1, 0.15) is 31.9 Å². The van der Waals surface area contributed by atoms with Crippen LogP contribution in [0.2, 0.25) is 0 Å². The van der Waals surface area contributed by atoms with Crippen molar-refractivity contribution in [3.63, 3.8) is 0 Å². The molecule has 0 aliphatic rings. The standard InChI is InChI=1S/C11H15FOS/c1-3-9(13)11-8(12)6-5-7-10(11)14-4-2/h5-7,9,13H,3-4H2,1-2H3/t9-/m1/s1. The molecule has 0 amide bonds. The van der Waals surface area contributed by atoms with Crippen molar-refractivity contribution in [2.24, 2.45) is 0 Å². The Balaban J connectivity index is 3.08. The van der Waals surface area contributed by atoms with Crippen LogP contribution in [0.4, 0.5) is 4.39 Å². The minimum atomic E-state index is -0.690. The molecule has 1 aromatic carbocycles. The van der Waals surface area contributed by atoms with Crippen LogP contribution in [-0.2, 0) is 0 Å². The number of halogens is 1. The molecule has 0 fully saturated rings. The summed E-state index contributed by atoms with van der Waals surface area (Å²) in [6.07, 6.45) is -0.150. The third-order valence-corrected chi connectivity index (χ3v) is 2.99. The summed E-state index contributed by atoms with van der Waals surface area (Å²) in [7, 11) is 0. The zero-order chi connectivity index (χ0) is 10.6. The van der Waals surface area contributed by atoms with E-state index < -0.39 is 6.10 Å². The Morgan fingerprint density at radius 2 is 2.14 bits per heavy atom. The van der Waals surface area contributed by atoms with Crippen molar-refractivity contribution in [2.45, 2.75) is 31.3 Å². The first kappa shape index (κ1) is 11.5. The SMILES string of the molecule is CCSc1cccc(F)c1[C@H](O)CC. The predicted octanol–water partition coefficient (Wildman–Crippen LogP) is 3.38. The minimum Gasteiger partial charge on any atom is -0.388 e. The first-order valence-corrected chi connectivity index (χ1v) is 5.78. The number of aliphatic hydroxyl groups excluding tert-OH is 1. The lowest BCUT2D eigenvalue weighted by molar-refractivity contribution is 0.166. The predicted molar refractivity (Wildman–Crippen MR) is 58.0 cm³/mol. The lowest BCUT2D eigenvalue weighted by Crippen LogP contribution is -2.01. The maximum Gasteiger partial charge on any atom is 0.130 e. The van der Waals surface area contributed by atoms with Gasteiger partial charge in [-0.15, -0.1) is 11.8 Å². The van der Waals surface area contributed by atoms with Crippen molar-refractivity contribution in [2.75, 3.05) is 5.75 Å². The molecule has 78 valence electrons. The second-order valence-corrected chi connectivity index (χ2v) is 4.31. The van der Waals surface area contributed by atoms with Gasteiger partial charge in [-0.3, -0.25) is 0 Å². The number of aliphatic hydroxyl groups is 1. The van der Waals surface area contributed by atoms with Gasteiger partial charge < -0.3 is 5.11 Å². The molecule has 1 atom stereocenters. The normalized spacial score (nSPS) is 12.9. The summed E-state index contributed by atoms with van der Waals surface area (Å²) in [4.78, 5) is 0.849. The largest absolute Gasteiger partial charge is 0.388 e. The van der Waals surface area contributed by atoms with E-state index in [1.165, 1.54) is 6.07 Å². The number of hydrogen-bond acceptors (Lipinski definition) is 2. The first-order chi connectivity index (χ1) is 6.70. The van der Waals surface area contributed by atoms with E-state index in [9.17, 15) is 9.50 Å². The van der Waals surface area contributed by atoms with Gasteiger partial charge in [-0.25, -0.2) is 4.39 Å². The first-order valence-electron chi connectivity index (χ1n) is 4.80. The molecule has 3 heteroatoms. The molecule has 0 saturated heterocycles. The molecule has 0 saturated carbocycles. The monoisotopic (exact) mass is 214 g/mol. The molecule has 1 aromatic rings. The maximum absolute atomic E-state index is 13.4. The second kappa shape index (κ2) is 5.37. The van der Waals surface area contributed by atoms with Gasteiger partial charge in [0.2, 0.25) is 0 Å². The van der Waals surface area contributed by atoms with Crippen molar-refractivity contribution in [3.05, 3.63) is 29.6 Å². The van der Waals surface area contributed by atoms with Crippen LogP contribution in [0.15, 0.2) is 23.1 Å². The third kappa shape index (κ3) is 2.49. The Morgan fingerprint density at radius 1 is 1.43 bits per heavy atom. The molecule has 0 aliphatic carbocycles. The van der Waals surface area contributed by atoms with E-state index >= 15 is 0 Å². The maximum atomic E-state index is 13.4. The van der Waals surface area contributed by atoms with E-state index in [-0.39, 0.29) is 5.82 Å². The van der Waals surface area contributed by atoms with Crippen LogP contribution >= 0.6 is 11.8 Å². The molecule has 0 unspecified atom stereocenters. The van der Waals surface area contributed by atoms with Crippen LogP contribution in [0.3, 0.4) is 0 Å². The van der Waals surface area contributed by atoms with Crippen LogP contribution in [0, 0.1) is 5.82 Å². The topological polar surface area (TPSA) is 20.2 Å². The van der Waals surface area contributed by atoms with Crippen molar-refractivity contribution < 1.29 is 9.50 Å². The van der Waals surface area contributed by atoms with E-state index in [0.717, 1.165) is 10.6 Å². The van der Waals surface area contributed by atoms with Crippen LogP contribution in [0.5, 0.6) is 0 Å². The molecule has 14 heavy (non-hydrogen) atoms. The molecular weight excluding hydrogens is 199 g/mol. The molecular formula is C11H15FOS. The highest BCUT2D eigenvalue weighted by molar-refractivity contribution is 7.99. The van der Waals surface area contributed by atoms with E-state index in [0.29, 0.717) is 12.0 Å². The van der Waals surface area contributed by atoms with Gasteiger partial charge in [-0.05, 0) is 24.3 Å². The molecule has 0 aliphatic heterocycles. The minimum absolute atomic E-state index is 0.308. The van der Waals surface area contributed by atoms with Gasteiger partial charge in [-0.1, -0.05) is 19.9 Å². The van der Waals surface area contributed by atoms with Crippen LogP contribution in [0.25, 0.3) is 0 Å². The van der Waals surface area contributed by atoms with Gasteiger partial charge >= 0.3 is 0 Å². The molecule has 0 bridgehead atoms. The van der Waals surface area contributed by atoms with Gasteiger partial charge in [0, 0.05) is 10.5 Å². The second-order valence-electron chi connectivity index (χ2n) is 3.01. The Hall–Kier alpha value is -0.540. The number of rotatable bonds is 4. The Morgan fingerprint density at radius 3 is 2.71 bits per heavy atom. The van der Waals surface area contributed by atoms with Gasteiger partial charge in [0.05, 0.1) is 6.10 Å². The smallest absolute Gasteiger partial charge is 0.130 e. The summed E-state index contributed by atoms with van der Waals surface area (Å²) in [5.41, 5.74) is 0.446. The fraction of sp³-hybridized carbons (Fsp3) is 0.455. The van der Waals surface area contributed by atoms with E-state index in [1.54, 1.807) is 17.8 Å². The van der Waals surface area contributed by atoms with Crippen molar-refractivity contribution in [1.82, 2.24) is 0 Å². The molecule has 0 heterocycles. The number of benzene rings is 1. The van der Waals surface area contributed by atoms with Gasteiger partial charge in [0.15, 0.2) is 0 Å². The Labute approximate surface area is 88.3 Å². The zero-order valence-corrected chi connectivity index (χ0v) is 9.27. The average molecular weight is 214 g/mol. The zero-order valence-electron chi connectivity index (χ0n) is 8.46. The summed E-state index contributed by atoms with van der Waals surface area (Å²) in [5, 5.41) is 9.66. The van der Waals surface area contributed by atoms with E-state index in [4.69, 9.17) is 0 Å². The van der Waals surface area contributed by atoms with E-state index in [1.807, 2.05) is 19.9 Å². The number of hydrogen-bond donors (Lipinski definition) is 1. The quantitative estimate of drug-likeness (QED) is 0.775. The summed E-state index contributed by atoms with van der Waals surface area (Å²) >= 11 is 1.56. The molecule has 0 radical (unpaired) electrons. The highest BCUT2D eigenvalue weighted by Crippen LogP contribution is 2.30. The summed E-state index contributed by atoms with van der Waals surface area (Å²) < 4.78 is 13.4. The molecule has 1 N–H and O–H groups in total. The number of thioether (sulfide) groups is 1. The van der Waals surface area contributed by atoms with Gasteiger partial charge in [-0.2, -0.15) is 0 Å². The Kier molecular flexibility index (Phi) is 4.42. The lowest BCUT2D eigenvalue weighted by atomic mass is 10.1. The van der Waals surface area contributed by atoms with Gasteiger partial charge in [0.25, 0.3) is 0 Å². The van der Waals surface area contributed by atoms with Crippen LogP contribution < -0.4 is 0 Å². The van der Waals surface area contributed by atoms with E-state index in [2.05, 4.69) is 0 Å². The fourth-order valence-corrected chi connectivity index (χ4v) is 2.20. The van der Waals surface area contributed by atoms with Crippen molar-refractivity contribution >= 4 is 11.8 Å². The summed E-state index contributed by atoms with van der Waals surface area (Å²) in [5.74, 6) is 0.574. The third-order valence-electron chi connectivity index (χ3n) is 2.03. The molecule has 0 aromatic heterocycles. The summed E-state index contributed by atoms with van der Waals surface area (Å²) in [6.45, 7) is 3.86. The summed E-state index contributed by atoms with van der Waals surface area (Å²) in [6, 6.07) is 4.93. The molecule has 1 nitrogen and oxygen atoms in total. The highest BCUT2D eigenvalue weighted by Gasteiger charge is 2.15. The van der Waals surface area contributed by atoms with Crippen molar-refractivity contribution in [1.29, 1.82) is 0 Å². The highest BCUT2D eigenvalue weighted by atomic mass is 32.2. The van der Waals surface area contributed by atoms with Crippen molar-refractivity contribution in [3.8, 4) is 0 Å². The van der Waals surface area contributed by atoms with Crippen LogP contribution in [-0.4, -0.2) is 10.9 Å². The fourth-order valence-electron chi connectivity index (χ4n) is 1.33. The average Bonchev–Trinajstić information content (AvgIpc) is 2.18. The van der Waals surface area contributed by atoms with Gasteiger partial charge in [0.1, 0.15) is 5.82 Å². The molecule has 1 rings (SSSR count). The molecule has 0 spiro atoms.